The molecule has 0 aliphatic carbocycles. The average Bonchev–Trinajstić information content (AvgIpc) is 1.99. The van der Waals surface area contributed by atoms with E-state index in [-0.39, 0.29) is 0 Å². The normalized spacial score (nSPS) is 12.4. The molecule has 0 aromatic heterocycles. The molecule has 0 fully saturated rings. The van der Waals surface area contributed by atoms with Crippen LogP contribution in [0.2, 0.25) is 0 Å². The molecule has 0 saturated carbocycles. The smallest absolute Gasteiger partial charge is 0.269 e. The van der Waals surface area contributed by atoms with E-state index < -0.39 is 11.4 Å². The molecule has 0 rings (SSSR count). The highest BCUT2D eigenvalue weighted by Crippen LogP contribution is 1.93. The summed E-state index contributed by atoms with van der Waals surface area (Å²) in [7, 11) is 0. The summed E-state index contributed by atoms with van der Waals surface area (Å²) >= 11 is -1.63. The van der Waals surface area contributed by atoms with E-state index in [0.29, 0.717) is 26.1 Å². The summed E-state index contributed by atoms with van der Waals surface area (Å²) in [5.41, 5.74) is 0. The summed E-state index contributed by atoms with van der Waals surface area (Å²) in [6.07, 6.45) is 1.01. The molecule has 0 heterocycles. The van der Waals surface area contributed by atoms with Gasteiger partial charge in [-0.05, 0) is 13.3 Å². The molecule has 0 aliphatic rings. The molecule has 4 nitrogen and oxygen atoms in total. The van der Waals surface area contributed by atoms with Gasteiger partial charge in [-0.2, -0.15) is 9.47 Å². The fraction of sp³-hybridized carbons (Fsp3) is 0.833. The Bertz CT molecular complexity index is 154. The summed E-state index contributed by atoms with van der Waals surface area (Å²) in [4.78, 5) is 0. The first-order chi connectivity index (χ1) is 5.31. The number of rotatable bonds is 6. The van der Waals surface area contributed by atoms with E-state index in [4.69, 9.17) is 5.26 Å². The van der Waals surface area contributed by atoms with Gasteiger partial charge in [-0.15, -0.1) is 0 Å². The first-order valence-electron chi connectivity index (χ1n) is 3.36. The molecule has 11 heavy (non-hydrogen) atoms. The van der Waals surface area contributed by atoms with Gasteiger partial charge in [-0.3, -0.25) is 8.37 Å². The van der Waals surface area contributed by atoms with Gasteiger partial charge in [-0.25, -0.2) is 0 Å². The second-order valence-corrected chi connectivity index (χ2v) is 2.57. The number of nitriles is 1. The summed E-state index contributed by atoms with van der Waals surface area (Å²) in [6, 6.07) is 1.95. The Morgan fingerprint density at radius 2 is 2.27 bits per heavy atom. The van der Waals surface area contributed by atoms with Gasteiger partial charge < -0.3 is 0 Å². The lowest BCUT2D eigenvalue weighted by atomic mass is 10.4. The van der Waals surface area contributed by atoms with E-state index in [2.05, 4.69) is 8.37 Å². The van der Waals surface area contributed by atoms with Crippen LogP contribution in [0, 0.1) is 11.3 Å². The van der Waals surface area contributed by atoms with E-state index in [1.54, 1.807) is 6.92 Å². The van der Waals surface area contributed by atoms with Crippen LogP contribution in [0.5, 0.6) is 0 Å². The van der Waals surface area contributed by atoms with Crippen molar-refractivity contribution in [2.24, 2.45) is 0 Å². The van der Waals surface area contributed by atoms with E-state index in [1.807, 2.05) is 6.07 Å². The Labute approximate surface area is 69.0 Å². The highest BCUT2D eigenvalue weighted by molar-refractivity contribution is 7.75. The molecule has 0 spiro atoms. The monoisotopic (exact) mass is 177 g/mol. The molecule has 0 N–H and O–H groups in total. The van der Waals surface area contributed by atoms with Crippen molar-refractivity contribution in [2.45, 2.75) is 19.8 Å². The molecule has 0 amide bonds. The van der Waals surface area contributed by atoms with Crippen LogP contribution < -0.4 is 0 Å². The molecule has 5 heteroatoms. The lowest BCUT2D eigenvalue weighted by molar-refractivity contribution is 0.256. The lowest BCUT2D eigenvalue weighted by Gasteiger charge is -1.98. The zero-order valence-electron chi connectivity index (χ0n) is 6.41. The maximum absolute atomic E-state index is 10.6. The molecular weight excluding hydrogens is 166 g/mol. The van der Waals surface area contributed by atoms with E-state index in [0.717, 1.165) is 0 Å². The third-order valence-corrected chi connectivity index (χ3v) is 1.61. The zero-order chi connectivity index (χ0) is 8.53. The Morgan fingerprint density at radius 1 is 1.55 bits per heavy atom. The van der Waals surface area contributed by atoms with Crippen LogP contribution in [0.1, 0.15) is 19.8 Å². The largest absolute Gasteiger partial charge is 0.304 e. The molecule has 0 aliphatic heterocycles. The second kappa shape index (κ2) is 7.66. The van der Waals surface area contributed by atoms with Crippen molar-refractivity contribution in [1.82, 2.24) is 0 Å². The highest BCUT2D eigenvalue weighted by atomic mass is 32.2. The van der Waals surface area contributed by atoms with Crippen molar-refractivity contribution in [3.8, 4) is 6.07 Å². The maximum Gasteiger partial charge on any atom is 0.304 e. The number of hydrogen-bond donors (Lipinski definition) is 0. The van der Waals surface area contributed by atoms with Crippen molar-refractivity contribution in [3.63, 3.8) is 0 Å². The summed E-state index contributed by atoms with van der Waals surface area (Å²) in [5.74, 6) is 0. The summed E-state index contributed by atoms with van der Waals surface area (Å²) in [5, 5.41) is 8.12. The highest BCUT2D eigenvalue weighted by Gasteiger charge is 1.97. The molecule has 1 atom stereocenters. The van der Waals surface area contributed by atoms with E-state index >= 15 is 0 Å². The predicted molar refractivity (Wildman–Crippen MR) is 40.6 cm³/mol. The summed E-state index contributed by atoms with van der Waals surface area (Å²) in [6.45, 7) is 2.40. The molecule has 0 aromatic carbocycles. The molecule has 0 aromatic rings. The summed E-state index contributed by atoms with van der Waals surface area (Å²) < 4.78 is 19.9. The maximum atomic E-state index is 10.6. The fourth-order valence-electron chi connectivity index (χ4n) is 0.408. The van der Waals surface area contributed by atoms with Crippen LogP contribution in [-0.4, -0.2) is 17.4 Å². The van der Waals surface area contributed by atoms with E-state index in [1.165, 1.54) is 0 Å². The number of hydrogen-bond acceptors (Lipinski definition) is 4. The first kappa shape index (κ1) is 10.6. The van der Waals surface area contributed by atoms with Crippen LogP contribution in [0.3, 0.4) is 0 Å². The minimum absolute atomic E-state index is 0.306. The number of nitrogens with zero attached hydrogens (tertiary/aromatic N) is 1. The van der Waals surface area contributed by atoms with Gasteiger partial charge in [0.1, 0.15) is 0 Å². The standard InChI is InChI=1S/C6H11NO3S/c1-2-9-11(8)10-6-4-3-5-7/h2-4,6H2,1H3. The van der Waals surface area contributed by atoms with Crippen molar-refractivity contribution in [1.29, 1.82) is 5.26 Å². The van der Waals surface area contributed by atoms with Gasteiger partial charge in [0.05, 0.1) is 19.3 Å². The van der Waals surface area contributed by atoms with E-state index in [9.17, 15) is 4.21 Å². The molecule has 0 bridgehead atoms. The third-order valence-electron chi connectivity index (χ3n) is 0.827. The number of unbranched alkanes of at least 4 members (excludes halogenated alkanes) is 1. The van der Waals surface area contributed by atoms with Crippen LogP contribution in [0.15, 0.2) is 0 Å². The van der Waals surface area contributed by atoms with Gasteiger partial charge in [0, 0.05) is 6.42 Å². The van der Waals surface area contributed by atoms with Crippen molar-refractivity contribution < 1.29 is 12.6 Å². The molecular formula is C6H11NO3S. The molecule has 0 saturated heterocycles. The Balaban J connectivity index is 3.12. The fourth-order valence-corrected chi connectivity index (χ4v) is 0.923. The Hall–Kier alpha value is -0.440. The molecule has 1 unspecified atom stereocenters. The predicted octanol–water partition coefficient (Wildman–Crippen LogP) is 0.922. The minimum atomic E-state index is -1.63. The van der Waals surface area contributed by atoms with Gasteiger partial charge in [0.2, 0.25) is 0 Å². The Morgan fingerprint density at radius 3 is 2.82 bits per heavy atom. The van der Waals surface area contributed by atoms with Crippen LogP contribution in [-0.2, 0) is 19.7 Å². The van der Waals surface area contributed by atoms with Crippen molar-refractivity contribution >= 4 is 11.4 Å². The van der Waals surface area contributed by atoms with Crippen LogP contribution in [0.25, 0.3) is 0 Å². The van der Waals surface area contributed by atoms with Gasteiger partial charge in [0.15, 0.2) is 0 Å². The van der Waals surface area contributed by atoms with Crippen molar-refractivity contribution in [3.05, 3.63) is 0 Å². The average molecular weight is 177 g/mol. The quantitative estimate of drug-likeness (QED) is 0.566. The van der Waals surface area contributed by atoms with Gasteiger partial charge >= 0.3 is 11.4 Å². The zero-order valence-corrected chi connectivity index (χ0v) is 7.23. The Kier molecular flexibility index (Phi) is 7.36. The lowest BCUT2D eigenvalue weighted by Crippen LogP contribution is -2.02. The molecule has 0 radical (unpaired) electrons. The van der Waals surface area contributed by atoms with Crippen molar-refractivity contribution in [2.75, 3.05) is 13.2 Å². The van der Waals surface area contributed by atoms with Crippen LogP contribution >= 0.6 is 0 Å². The van der Waals surface area contributed by atoms with Gasteiger partial charge in [0.25, 0.3) is 0 Å². The topological polar surface area (TPSA) is 59.3 Å². The minimum Gasteiger partial charge on any atom is -0.269 e. The second-order valence-electron chi connectivity index (χ2n) is 1.69. The SMILES string of the molecule is CCOS(=O)OCCCC#N. The molecule has 64 valence electrons. The first-order valence-corrected chi connectivity index (χ1v) is 4.36. The third kappa shape index (κ3) is 7.46. The van der Waals surface area contributed by atoms with Gasteiger partial charge in [-0.1, -0.05) is 0 Å². The van der Waals surface area contributed by atoms with Crippen LogP contribution in [0.4, 0.5) is 0 Å².